The quantitative estimate of drug-likeness (QED) is 0.719. The Morgan fingerprint density at radius 1 is 1.46 bits per heavy atom. The van der Waals surface area contributed by atoms with Crippen molar-refractivity contribution in [1.29, 1.82) is 0 Å². The van der Waals surface area contributed by atoms with Crippen LogP contribution >= 0.6 is 0 Å². The highest BCUT2D eigenvalue weighted by atomic mass is 15.2. The van der Waals surface area contributed by atoms with Gasteiger partial charge in [0.15, 0.2) is 5.82 Å². The van der Waals surface area contributed by atoms with Crippen molar-refractivity contribution in [2.75, 3.05) is 6.54 Å². The fourth-order valence-corrected chi connectivity index (χ4v) is 1.35. The molecule has 3 N–H and O–H groups in total. The van der Waals surface area contributed by atoms with Crippen LogP contribution in [-0.4, -0.2) is 21.7 Å². The molecule has 4 heteroatoms. The zero-order valence-electron chi connectivity index (χ0n) is 8.38. The van der Waals surface area contributed by atoms with E-state index in [9.17, 15) is 0 Å². The Morgan fingerprint density at radius 3 is 2.69 bits per heavy atom. The van der Waals surface area contributed by atoms with Gasteiger partial charge in [0.05, 0.1) is 0 Å². The van der Waals surface area contributed by atoms with Crippen LogP contribution in [0.15, 0.2) is 0 Å². The summed E-state index contributed by atoms with van der Waals surface area (Å²) in [6.45, 7) is 4.84. The third-order valence-corrected chi connectivity index (χ3v) is 2.17. The third-order valence-electron chi connectivity index (χ3n) is 2.17. The second kappa shape index (κ2) is 4.97. The number of rotatable bonds is 5. The van der Waals surface area contributed by atoms with Gasteiger partial charge in [0.1, 0.15) is 5.82 Å². The van der Waals surface area contributed by atoms with E-state index in [0.29, 0.717) is 12.5 Å². The summed E-state index contributed by atoms with van der Waals surface area (Å²) in [4.78, 5) is 4.37. The first kappa shape index (κ1) is 10.2. The van der Waals surface area contributed by atoms with Gasteiger partial charge < -0.3 is 5.73 Å². The number of nitrogens with zero attached hydrogens (tertiary/aromatic N) is 2. The highest BCUT2D eigenvalue weighted by molar-refractivity contribution is 4.98. The van der Waals surface area contributed by atoms with Gasteiger partial charge >= 0.3 is 0 Å². The molecule has 1 aromatic rings. The maximum Gasteiger partial charge on any atom is 0.155 e. The van der Waals surface area contributed by atoms with Crippen molar-refractivity contribution in [3.8, 4) is 0 Å². The van der Waals surface area contributed by atoms with Crippen molar-refractivity contribution >= 4 is 0 Å². The van der Waals surface area contributed by atoms with Crippen LogP contribution in [0.4, 0.5) is 0 Å². The largest absolute Gasteiger partial charge is 0.330 e. The molecule has 1 heterocycles. The van der Waals surface area contributed by atoms with Crippen molar-refractivity contribution in [2.45, 2.75) is 39.0 Å². The summed E-state index contributed by atoms with van der Waals surface area (Å²) in [7, 11) is 0. The van der Waals surface area contributed by atoms with Crippen molar-refractivity contribution in [3.63, 3.8) is 0 Å². The van der Waals surface area contributed by atoms with Gasteiger partial charge in [-0.2, -0.15) is 5.10 Å². The summed E-state index contributed by atoms with van der Waals surface area (Å²) < 4.78 is 0. The van der Waals surface area contributed by atoms with E-state index in [4.69, 9.17) is 5.73 Å². The Bertz CT molecular complexity index is 244. The normalized spacial score (nSPS) is 13.2. The van der Waals surface area contributed by atoms with E-state index in [0.717, 1.165) is 30.9 Å². The number of H-pyrrole nitrogens is 1. The van der Waals surface area contributed by atoms with E-state index in [1.54, 1.807) is 0 Å². The summed E-state index contributed by atoms with van der Waals surface area (Å²) in [6.07, 6.45) is 3.09. The fraction of sp³-hybridized carbons (Fsp3) is 0.778. The van der Waals surface area contributed by atoms with E-state index in [-0.39, 0.29) is 0 Å². The van der Waals surface area contributed by atoms with Gasteiger partial charge in [-0.25, -0.2) is 4.98 Å². The predicted octanol–water partition coefficient (Wildman–Crippen LogP) is 1.21. The van der Waals surface area contributed by atoms with Crippen molar-refractivity contribution in [3.05, 3.63) is 11.6 Å². The number of aryl methyl sites for hydroxylation is 1. The number of hydrogen-bond acceptors (Lipinski definition) is 3. The van der Waals surface area contributed by atoms with Crippen LogP contribution in [0.25, 0.3) is 0 Å². The molecule has 74 valence electrons. The number of aromatic amines is 1. The molecule has 0 radical (unpaired) electrons. The van der Waals surface area contributed by atoms with Crippen LogP contribution in [0.5, 0.6) is 0 Å². The Kier molecular flexibility index (Phi) is 3.89. The minimum Gasteiger partial charge on any atom is -0.330 e. The summed E-state index contributed by atoms with van der Waals surface area (Å²) in [5.41, 5.74) is 5.65. The molecule has 0 aliphatic rings. The molecule has 0 aromatic carbocycles. The maximum atomic E-state index is 5.65. The van der Waals surface area contributed by atoms with Gasteiger partial charge in [-0.05, 0) is 6.42 Å². The SMILES string of the molecule is CCCC(CN)c1n[nH]c(CC)n1. The monoisotopic (exact) mass is 182 g/mol. The number of nitrogens with two attached hydrogens (primary N) is 1. The highest BCUT2D eigenvalue weighted by Crippen LogP contribution is 2.15. The maximum absolute atomic E-state index is 5.65. The van der Waals surface area contributed by atoms with E-state index >= 15 is 0 Å². The molecule has 0 aliphatic heterocycles. The molecular formula is C9H18N4. The molecule has 1 atom stereocenters. The van der Waals surface area contributed by atoms with Crippen LogP contribution in [-0.2, 0) is 6.42 Å². The number of nitrogens with one attached hydrogen (secondary N) is 1. The smallest absolute Gasteiger partial charge is 0.155 e. The molecule has 0 bridgehead atoms. The zero-order valence-corrected chi connectivity index (χ0v) is 8.38. The first-order valence-corrected chi connectivity index (χ1v) is 4.93. The Labute approximate surface area is 78.9 Å². The standard InChI is InChI=1S/C9H18N4/c1-3-5-7(6-10)9-11-8(4-2)12-13-9/h7H,3-6,10H2,1-2H3,(H,11,12,13). The molecule has 0 aliphatic carbocycles. The van der Waals surface area contributed by atoms with Gasteiger partial charge in [-0.3, -0.25) is 5.10 Å². The van der Waals surface area contributed by atoms with Gasteiger partial charge in [0.25, 0.3) is 0 Å². The molecule has 0 fully saturated rings. The molecule has 4 nitrogen and oxygen atoms in total. The first-order chi connectivity index (χ1) is 6.31. The number of aromatic nitrogens is 3. The van der Waals surface area contributed by atoms with E-state index in [1.165, 1.54) is 0 Å². The molecular weight excluding hydrogens is 164 g/mol. The lowest BCUT2D eigenvalue weighted by atomic mass is 10.0. The summed E-state index contributed by atoms with van der Waals surface area (Å²) >= 11 is 0. The molecule has 0 saturated carbocycles. The summed E-state index contributed by atoms with van der Waals surface area (Å²) in [6, 6.07) is 0. The lowest BCUT2D eigenvalue weighted by Gasteiger charge is -2.07. The molecule has 0 saturated heterocycles. The number of hydrogen-bond donors (Lipinski definition) is 2. The van der Waals surface area contributed by atoms with Crippen molar-refractivity contribution < 1.29 is 0 Å². The average molecular weight is 182 g/mol. The Balaban J connectivity index is 2.67. The lowest BCUT2D eigenvalue weighted by Crippen LogP contribution is -2.13. The molecule has 0 amide bonds. The molecule has 1 unspecified atom stereocenters. The van der Waals surface area contributed by atoms with Crippen LogP contribution in [0.3, 0.4) is 0 Å². The van der Waals surface area contributed by atoms with Crippen LogP contribution < -0.4 is 5.73 Å². The predicted molar refractivity (Wildman–Crippen MR) is 52.5 cm³/mol. The molecule has 13 heavy (non-hydrogen) atoms. The summed E-state index contributed by atoms with van der Waals surface area (Å²) in [5.74, 6) is 2.15. The van der Waals surface area contributed by atoms with E-state index in [2.05, 4.69) is 29.0 Å². The van der Waals surface area contributed by atoms with Gasteiger partial charge in [0.2, 0.25) is 0 Å². The minimum absolute atomic E-state index is 0.321. The Hall–Kier alpha value is -0.900. The van der Waals surface area contributed by atoms with E-state index in [1.807, 2.05) is 0 Å². The minimum atomic E-state index is 0.321. The molecule has 1 rings (SSSR count). The zero-order chi connectivity index (χ0) is 9.68. The van der Waals surface area contributed by atoms with Gasteiger partial charge in [-0.15, -0.1) is 0 Å². The molecule has 0 spiro atoms. The molecule has 1 aromatic heterocycles. The Morgan fingerprint density at radius 2 is 2.23 bits per heavy atom. The van der Waals surface area contributed by atoms with Crippen LogP contribution in [0, 0.1) is 0 Å². The lowest BCUT2D eigenvalue weighted by molar-refractivity contribution is 0.591. The van der Waals surface area contributed by atoms with Gasteiger partial charge in [0, 0.05) is 18.9 Å². The highest BCUT2D eigenvalue weighted by Gasteiger charge is 2.13. The van der Waals surface area contributed by atoms with Crippen LogP contribution in [0.1, 0.15) is 44.3 Å². The second-order valence-electron chi connectivity index (χ2n) is 3.22. The van der Waals surface area contributed by atoms with Crippen molar-refractivity contribution in [2.24, 2.45) is 5.73 Å². The fourth-order valence-electron chi connectivity index (χ4n) is 1.35. The average Bonchev–Trinajstić information content (AvgIpc) is 2.62. The van der Waals surface area contributed by atoms with Crippen LogP contribution in [0.2, 0.25) is 0 Å². The third kappa shape index (κ3) is 2.52. The first-order valence-electron chi connectivity index (χ1n) is 4.93. The second-order valence-corrected chi connectivity index (χ2v) is 3.22. The van der Waals surface area contributed by atoms with E-state index < -0.39 is 0 Å². The topological polar surface area (TPSA) is 67.6 Å². The summed E-state index contributed by atoms with van der Waals surface area (Å²) in [5, 5.41) is 7.07. The van der Waals surface area contributed by atoms with Crippen molar-refractivity contribution in [1.82, 2.24) is 15.2 Å². The van der Waals surface area contributed by atoms with Gasteiger partial charge in [-0.1, -0.05) is 20.3 Å².